The Hall–Kier alpha value is -4.86. The number of esters is 1. The van der Waals surface area contributed by atoms with Crippen LogP contribution in [0.2, 0.25) is 0 Å². The second kappa shape index (κ2) is 16.5. The smallest absolute Gasteiger partial charge is 0.319 e. The molecule has 0 aliphatic heterocycles. The average molecular weight is 589 g/mol. The van der Waals surface area contributed by atoms with Crippen molar-refractivity contribution in [2.24, 2.45) is 5.92 Å². The number of hydrogen-bond donors (Lipinski definition) is 2. The molecule has 0 spiro atoms. The van der Waals surface area contributed by atoms with E-state index in [4.69, 9.17) is 9.47 Å². The average Bonchev–Trinajstić information content (AvgIpc) is 3.03. The summed E-state index contributed by atoms with van der Waals surface area (Å²) >= 11 is 0. The molecule has 0 radical (unpaired) electrons. The van der Waals surface area contributed by atoms with Gasteiger partial charge >= 0.3 is 12.0 Å². The SMILES string of the molecule is CCC(C)CCN(C(=O)CNC(=O)Nc1cccc(CC(=O)OC)c1)c1ccccc1OCC(=O)N(C)c1ccccc1. The van der Waals surface area contributed by atoms with Crippen LogP contribution in [0.3, 0.4) is 0 Å². The minimum absolute atomic E-state index is 0.0763. The number of nitrogens with zero attached hydrogens (tertiary/aromatic N) is 2. The van der Waals surface area contributed by atoms with E-state index in [0.29, 0.717) is 35.2 Å². The monoisotopic (exact) mass is 588 g/mol. The minimum Gasteiger partial charge on any atom is -0.482 e. The normalized spacial score (nSPS) is 11.2. The molecule has 0 saturated heterocycles. The molecule has 3 aromatic carbocycles. The fraction of sp³-hybridized carbons (Fsp3) is 0.333. The van der Waals surface area contributed by atoms with Crippen LogP contribution in [0.5, 0.6) is 5.75 Å². The maximum atomic E-state index is 13.5. The van der Waals surface area contributed by atoms with Crippen molar-refractivity contribution >= 4 is 40.9 Å². The van der Waals surface area contributed by atoms with Crippen LogP contribution in [0.15, 0.2) is 78.9 Å². The molecular weight excluding hydrogens is 548 g/mol. The maximum Gasteiger partial charge on any atom is 0.319 e. The highest BCUT2D eigenvalue weighted by molar-refractivity contribution is 5.99. The van der Waals surface area contributed by atoms with Gasteiger partial charge in [-0.15, -0.1) is 0 Å². The first-order valence-electron chi connectivity index (χ1n) is 14.3. The molecule has 1 atom stereocenters. The molecule has 3 aromatic rings. The van der Waals surface area contributed by atoms with Crippen LogP contribution in [-0.2, 0) is 25.5 Å². The standard InChI is InChI=1S/C33H40N4O6/c1-5-24(2)18-19-37(30(38)22-34-33(41)35-26-13-11-12-25(20-26)21-32(40)42-4)28-16-9-10-17-29(28)43-23-31(39)36(3)27-14-7-6-8-15-27/h6-17,20,24H,5,18-19,21-23H2,1-4H3,(H2,34,35,41). The van der Waals surface area contributed by atoms with Crippen molar-refractivity contribution in [3.8, 4) is 5.75 Å². The third-order valence-electron chi connectivity index (χ3n) is 7.03. The molecule has 3 rings (SSSR count). The van der Waals surface area contributed by atoms with Crippen LogP contribution < -0.4 is 25.2 Å². The van der Waals surface area contributed by atoms with Gasteiger partial charge in [-0.05, 0) is 54.3 Å². The molecule has 0 aliphatic carbocycles. The molecular formula is C33H40N4O6. The first-order valence-corrected chi connectivity index (χ1v) is 14.3. The van der Waals surface area contributed by atoms with Crippen LogP contribution in [-0.4, -0.2) is 57.7 Å². The molecule has 0 aromatic heterocycles. The highest BCUT2D eigenvalue weighted by atomic mass is 16.5. The predicted molar refractivity (Wildman–Crippen MR) is 167 cm³/mol. The van der Waals surface area contributed by atoms with E-state index in [1.165, 1.54) is 12.0 Å². The number of benzene rings is 3. The van der Waals surface area contributed by atoms with E-state index in [0.717, 1.165) is 18.5 Å². The van der Waals surface area contributed by atoms with Gasteiger partial charge in [-0.1, -0.05) is 62.7 Å². The topological polar surface area (TPSA) is 117 Å². The number of amides is 4. The maximum absolute atomic E-state index is 13.5. The molecule has 2 N–H and O–H groups in total. The molecule has 4 amide bonds. The van der Waals surface area contributed by atoms with Gasteiger partial charge in [0.1, 0.15) is 5.75 Å². The number of urea groups is 1. The fourth-order valence-electron chi connectivity index (χ4n) is 4.19. The Balaban J connectivity index is 1.68. The number of carbonyl (C=O) groups excluding carboxylic acids is 4. The number of likely N-dealkylation sites (N-methyl/N-ethyl adjacent to an activating group) is 1. The molecule has 0 saturated carbocycles. The van der Waals surface area contributed by atoms with E-state index >= 15 is 0 Å². The van der Waals surface area contributed by atoms with Gasteiger partial charge < -0.3 is 29.9 Å². The van der Waals surface area contributed by atoms with Gasteiger partial charge in [0.15, 0.2) is 6.61 Å². The Labute approximate surface area is 253 Å². The summed E-state index contributed by atoms with van der Waals surface area (Å²) < 4.78 is 10.6. The fourth-order valence-corrected chi connectivity index (χ4v) is 4.19. The largest absolute Gasteiger partial charge is 0.482 e. The number of para-hydroxylation sites is 3. The number of rotatable bonds is 14. The second-order valence-electron chi connectivity index (χ2n) is 10.2. The van der Waals surface area contributed by atoms with E-state index in [-0.39, 0.29) is 37.4 Å². The van der Waals surface area contributed by atoms with Crippen LogP contribution in [0.25, 0.3) is 0 Å². The minimum atomic E-state index is -0.565. The zero-order valence-electron chi connectivity index (χ0n) is 25.2. The van der Waals surface area contributed by atoms with E-state index in [1.54, 1.807) is 60.5 Å². The summed E-state index contributed by atoms with van der Waals surface area (Å²) in [6.07, 6.45) is 1.77. The van der Waals surface area contributed by atoms with Crippen molar-refractivity contribution in [2.75, 3.05) is 49.0 Å². The molecule has 0 heterocycles. The molecule has 1 unspecified atom stereocenters. The summed E-state index contributed by atoms with van der Waals surface area (Å²) in [6.45, 7) is 4.13. The van der Waals surface area contributed by atoms with Crippen molar-refractivity contribution in [3.63, 3.8) is 0 Å². The Morgan fingerprint density at radius 1 is 0.907 bits per heavy atom. The van der Waals surface area contributed by atoms with E-state index in [1.807, 2.05) is 30.3 Å². The number of anilines is 3. The summed E-state index contributed by atoms with van der Waals surface area (Å²) in [7, 11) is 3.00. The Morgan fingerprint density at radius 2 is 1.63 bits per heavy atom. The van der Waals surface area contributed by atoms with Gasteiger partial charge in [-0.2, -0.15) is 0 Å². The Kier molecular flexibility index (Phi) is 12.6. The summed E-state index contributed by atoms with van der Waals surface area (Å²) in [4.78, 5) is 53.7. The molecule has 43 heavy (non-hydrogen) atoms. The number of nitrogens with one attached hydrogen (secondary N) is 2. The first kappa shape index (κ1) is 32.7. The third kappa shape index (κ3) is 10.2. The van der Waals surface area contributed by atoms with Gasteiger partial charge in [0, 0.05) is 25.0 Å². The van der Waals surface area contributed by atoms with Crippen molar-refractivity contribution in [2.45, 2.75) is 33.1 Å². The number of hydrogen-bond acceptors (Lipinski definition) is 6. The molecule has 10 nitrogen and oxygen atoms in total. The van der Waals surface area contributed by atoms with Crippen LogP contribution in [0, 0.1) is 5.92 Å². The summed E-state index contributed by atoms with van der Waals surface area (Å²) in [5, 5.41) is 5.32. The molecule has 0 fully saturated rings. The zero-order valence-corrected chi connectivity index (χ0v) is 25.2. The molecule has 228 valence electrons. The molecule has 0 bridgehead atoms. The lowest BCUT2D eigenvalue weighted by Crippen LogP contribution is -2.42. The number of ether oxygens (including phenoxy) is 2. The van der Waals surface area contributed by atoms with Crippen LogP contribution in [0.4, 0.5) is 21.9 Å². The predicted octanol–water partition coefficient (Wildman–Crippen LogP) is 5.03. The lowest BCUT2D eigenvalue weighted by molar-refractivity contribution is -0.139. The van der Waals surface area contributed by atoms with Crippen molar-refractivity contribution in [1.29, 1.82) is 0 Å². The van der Waals surface area contributed by atoms with Gasteiger partial charge in [-0.25, -0.2) is 4.79 Å². The zero-order chi connectivity index (χ0) is 31.2. The van der Waals surface area contributed by atoms with Crippen LogP contribution in [0.1, 0.15) is 32.3 Å². The highest BCUT2D eigenvalue weighted by Crippen LogP contribution is 2.29. The lowest BCUT2D eigenvalue weighted by atomic mass is 10.0. The van der Waals surface area contributed by atoms with Gasteiger partial charge in [0.25, 0.3) is 5.91 Å². The third-order valence-corrected chi connectivity index (χ3v) is 7.03. The van der Waals surface area contributed by atoms with Gasteiger partial charge in [0.2, 0.25) is 5.91 Å². The first-order chi connectivity index (χ1) is 20.7. The Bertz CT molecular complexity index is 1380. The van der Waals surface area contributed by atoms with E-state index < -0.39 is 6.03 Å². The van der Waals surface area contributed by atoms with E-state index in [9.17, 15) is 19.2 Å². The van der Waals surface area contributed by atoms with Gasteiger partial charge in [-0.3, -0.25) is 14.4 Å². The van der Waals surface area contributed by atoms with Crippen LogP contribution >= 0.6 is 0 Å². The van der Waals surface area contributed by atoms with Crippen molar-refractivity contribution < 1.29 is 28.7 Å². The summed E-state index contributed by atoms with van der Waals surface area (Å²) in [5.41, 5.74) is 2.42. The summed E-state index contributed by atoms with van der Waals surface area (Å²) in [5.74, 6) is -0.199. The number of carbonyl (C=O) groups is 4. The van der Waals surface area contributed by atoms with Crippen molar-refractivity contribution in [1.82, 2.24) is 5.32 Å². The Morgan fingerprint density at radius 3 is 2.35 bits per heavy atom. The lowest BCUT2D eigenvalue weighted by Gasteiger charge is -2.27. The quantitative estimate of drug-likeness (QED) is 0.255. The van der Waals surface area contributed by atoms with Gasteiger partial charge in [0.05, 0.1) is 25.8 Å². The summed E-state index contributed by atoms with van der Waals surface area (Å²) in [6, 6.07) is 22.6. The van der Waals surface area contributed by atoms with Crippen molar-refractivity contribution in [3.05, 3.63) is 84.4 Å². The van der Waals surface area contributed by atoms with E-state index in [2.05, 4.69) is 24.5 Å². The number of methoxy groups -OCH3 is 1. The molecule has 0 aliphatic rings. The molecule has 10 heteroatoms. The second-order valence-corrected chi connectivity index (χ2v) is 10.2. The highest BCUT2D eigenvalue weighted by Gasteiger charge is 2.22.